The lowest BCUT2D eigenvalue weighted by molar-refractivity contribution is 0.0390. The Labute approximate surface area is 114 Å². The zero-order valence-electron chi connectivity index (χ0n) is 12.6. The Morgan fingerprint density at radius 3 is 2.50 bits per heavy atom. The summed E-state index contributed by atoms with van der Waals surface area (Å²) in [6.07, 6.45) is 8.57. The van der Waals surface area contributed by atoms with E-state index < -0.39 is 0 Å². The highest BCUT2D eigenvalue weighted by atomic mass is 15.2. The Morgan fingerprint density at radius 2 is 1.89 bits per heavy atom. The van der Waals surface area contributed by atoms with Gasteiger partial charge in [-0.3, -0.25) is 4.90 Å². The molecule has 0 aromatic heterocycles. The van der Waals surface area contributed by atoms with Crippen LogP contribution in [0.2, 0.25) is 0 Å². The second-order valence-electron chi connectivity index (χ2n) is 6.59. The molecule has 0 aromatic rings. The summed E-state index contributed by atoms with van der Waals surface area (Å²) < 4.78 is 0. The fraction of sp³-hybridized carbons (Fsp3) is 1.00. The van der Waals surface area contributed by atoms with E-state index in [0.717, 1.165) is 23.9 Å². The summed E-state index contributed by atoms with van der Waals surface area (Å²) in [5, 5.41) is 3.59. The molecule has 2 aliphatic rings. The maximum atomic E-state index is 3.59. The Hall–Kier alpha value is -0.0800. The first-order chi connectivity index (χ1) is 8.74. The van der Waals surface area contributed by atoms with Crippen molar-refractivity contribution in [2.24, 2.45) is 11.8 Å². The maximum Gasteiger partial charge on any atom is 0.0224 e. The van der Waals surface area contributed by atoms with Crippen molar-refractivity contribution in [1.29, 1.82) is 0 Å². The first kappa shape index (κ1) is 14.3. The van der Waals surface area contributed by atoms with Gasteiger partial charge in [0, 0.05) is 18.6 Å². The van der Waals surface area contributed by atoms with Crippen molar-refractivity contribution in [2.45, 2.75) is 71.4 Å². The van der Waals surface area contributed by atoms with Crippen LogP contribution in [0.15, 0.2) is 0 Å². The van der Waals surface area contributed by atoms with Crippen molar-refractivity contribution < 1.29 is 0 Å². The van der Waals surface area contributed by atoms with E-state index in [1.807, 2.05) is 0 Å². The Bertz CT molecular complexity index is 233. The third-order valence-corrected chi connectivity index (χ3v) is 5.17. The van der Waals surface area contributed by atoms with Crippen LogP contribution in [0.3, 0.4) is 0 Å². The van der Waals surface area contributed by atoms with Crippen molar-refractivity contribution in [2.75, 3.05) is 19.6 Å². The van der Waals surface area contributed by atoms with Crippen LogP contribution in [0, 0.1) is 11.8 Å². The number of rotatable bonds is 4. The van der Waals surface area contributed by atoms with E-state index in [1.54, 1.807) is 0 Å². The van der Waals surface area contributed by atoms with E-state index in [-0.39, 0.29) is 0 Å². The van der Waals surface area contributed by atoms with Gasteiger partial charge in [-0.15, -0.1) is 0 Å². The second-order valence-corrected chi connectivity index (χ2v) is 6.59. The van der Waals surface area contributed by atoms with E-state index in [0.29, 0.717) is 0 Å². The van der Waals surface area contributed by atoms with E-state index in [9.17, 15) is 0 Å². The van der Waals surface area contributed by atoms with Crippen molar-refractivity contribution in [3.05, 3.63) is 0 Å². The van der Waals surface area contributed by atoms with Gasteiger partial charge in [0.2, 0.25) is 0 Å². The summed E-state index contributed by atoms with van der Waals surface area (Å²) in [5.74, 6) is 1.78. The molecule has 1 N–H and O–H groups in total. The number of hydrogen-bond donors (Lipinski definition) is 1. The van der Waals surface area contributed by atoms with Crippen molar-refractivity contribution in [3.8, 4) is 0 Å². The molecule has 18 heavy (non-hydrogen) atoms. The summed E-state index contributed by atoms with van der Waals surface area (Å²) in [6, 6.07) is 1.65. The van der Waals surface area contributed by atoms with Gasteiger partial charge in [-0.2, -0.15) is 0 Å². The molecule has 2 rings (SSSR count). The lowest BCUT2D eigenvalue weighted by atomic mass is 9.76. The molecule has 0 bridgehead atoms. The largest absolute Gasteiger partial charge is 0.315 e. The van der Waals surface area contributed by atoms with Gasteiger partial charge in [0.05, 0.1) is 0 Å². The first-order valence-electron chi connectivity index (χ1n) is 8.20. The summed E-state index contributed by atoms with van der Waals surface area (Å²) in [5.41, 5.74) is 0. The lowest BCUT2D eigenvalue weighted by Crippen LogP contribution is -2.54. The van der Waals surface area contributed by atoms with Gasteiger partial charge < -0.3 is 5.32 Å². The third-order valence-electron chi connectivity index (χ3n) is 5.17. The number of nitrogens with one attached hydrogen (secondary N) is 1. The highest BCUT2D eigenvalue weighted by Crippen LogP contribution is 2.35. The first-order valence-corrected chi connectivity index (χ1v) is 8.20. The number of hydrogen-bond acceptors (Lipinski definition) is 2. The van der Waals surface area contributed by atoms with Crippen molar-refractivity contribution in [3.63, 3.8) is 0 Å². The van der Waals surface area contributed by atoms with E-state index >= 15 is 0 Å². The van der Waals surface area contributed by atoms with Crippen LogP contribution in [-0.4, -0.2) is 36.6 Å². The molecule has 2 heteroatoms. The van der Waals surface area contributed by atoms with Gasteiger partial charge in [-0.25, -0.2) is 0 Å². The standard InChI is InChI=1S/C16H32N2/c1-4-18(14-8-7-11-17-12-14)16-10-6-5-9-15(16)13(2)3/h13-17H,4-12H2,1-3H3. The van der Waals surface area contributed by atoms with E-state index in [2.05, 4.69) is 31.0 Å². The average molecular weight is 252 g/mol. The minimum Gasteiger partial charge on any atom is -0.315 e. The molecular weight excluding hydrogens is 220 g/mol. The molecule has 1 saturated carbocycles. The van der Waals surface area contributed by atoms with Gasteiger partial charge in [-0.05, 0) is 50.6 Å². The van der Waals surface area contributed by atoms with E-state index in [1.165, 1.54) is 58.2 Å². The molecule has 0 spiro atoms. The fourth-order valence-corrected chi connectivity index (χ4v) is 4.21. The number of piperidine rings is 1. The molecule has 3 atom stereocenters. The molecule has 3 unspecified atom stereocenters. The van der Waals surface area contributed by atoms with Gasteiger partial charge in [0.15, 0.2) is 0 Å². The summed E-state index contributed by atoms with van der Waals surface area (Å²) in [4.78, 5) is 2.84. The van der Waals surface area contributed by atoms with Gasteiger partial charge in [-0.1, -0.05) is 33.6 Å². The lowest BCUT2D eigenvalue weighted by Gasteiger charge is -2.46. The molecule has 0 radical (unpaired) electrons. The predicted octanol–water partition coefficient (Wildman–Crippen LogP) is 3.28. The Balaban J connectivity index is 2.03. The van der Waals surface area contributed by atoms with Crippen molar-refractivity contribution in [1.82, 2.24) is 10.2 Å². The topological polar surface area (TPSA) is 15.3 Å². The maximum absolute atomic E-state index is 3.59. The third kappa shape index (κ3) is 3.27. The summed E-state index contributed by atoms with van der Waals surface area (Å²) in [7, 11) is 0. The molecule has 2 fully saturated rings. The normalized spacial score (nSPS) is 34.2. The molecule has 1 aliphatic heterocycles. The molecular formula is C16H32N2. The number of likely N-dealkylation sites (N-methyl/N-ethyl adjacent to an activating group) is 1. The molecule has 106 valence electrons. The SMILES string of the molecule is CCN(C1CCCNC1)C1CCCCC1C(C)C. The van der Waals surface area contributed by atoms with Crippen LogP contribution in [0.4, 0.5) is 0 Å². The van der Waals surface area contributed by atoms with Crippen LogP contribution >= 0.6 is 0 Å². The molecule has 1 saturated heterocycles. The second kappa shape index (κ2) is 6.91. The molecule has 0 amide bonds. The Morgan fingerprint density at radius 1 is 1.11 bits per heavy atom. The minimum atomic E-state index is 0.799. The fourth-order valence-electron chi connectivity index (χ4n) is 4.21. The summed E-state index contributed by atoms with van der Waals surface area (Å²) in [6.45, 7) is 10.9. The highest BCUT2D eigenvalue weighted by Gasteiger charge is 2.34. The van der Waals surface area contributed by atoms with Crippen LogP contribution in [-0.2, 0) is 0 Å². The minimum absolute atomic E-state index is 0.799. The van der Waals surface area contributed by atoms with Crippen LogP contribution in [0.1, 0.15) is 59.3 Å². The molecule has 1 aliphatic carbocycles. The van der Waals surface area contributed by atoms with Crippen LogP contribution < -0.4 is 5.32 Å². The zero-order valence-corrected chi connectivity index (χ0v) is 12.6. The zero-order chi connectivity index (χ0) is 13.0. The predicted molar refractivity (Wildman–Crippen MR) is 78.9 cm³/mol. The number of nitrogens with zero attached hydrogens (tertiary/aromatic N) is 1. The van der Waals surface area contributed by atoms with Crippen LogP contribution in [0.5, 0.6) is 0 Å². The van der Waals surface area contributed by atoms with Crippen molar-refractivity contribution >= 4 is 0 Å². The van der Waals surface area contributed by atoms with Gasteiger partial charge >= 0.3 is 0 Å². The summed E-state index contributed by atoms with van der Waals surface area (Å²) >= 11 is 0. The molecule has 2 nitrogen and oxygen atoms in total. The quantitative estimate of drug-likeness (QED) is 0.826. The molecule has 0 aromatic carbocycles. The van der Waals surface area contributed by atoms with Gasteiger partial charge in [0.1, 0.15) is 0 Å². The van der Waals surface area contributed by atoms with E-state index in [4.69, 9.17) is 0 Å². The average Bonchev–Trinajstić information content (AvgIpc) is 2.41. The van der Waals surface area contributed by atoms with Gasteiger partial charge in [0.25, 0.3) is 0 Å². The smallest absolute Gasteiger partial charge is 0.0224 e. The molecule has 1 heterocycles. The Kier molecular flexibility index (Phi) is 5.50. The highest BCUT2D eigenvalue weighted by molar-refractivity contribution is 4.89. The van der Waals surface area contributed by atoms with Crippen LogP contribution in [0.25, 0.3) is 0 Å². The monoisotopic (exact) mass is 252 g/mol.